The molecule has 0 unspecified atom stereocenters. The van der Waals surface area contributed by atoms with Crippen LogP contribution in [0.3, 0.4) is 0 Å². The van der Waals surface area contributed by atoms with Gasteiger partial charge in [0.25, 0.3) is 0 Å². The third kappa shape index (κ3) is 3.31. The Kier molecular flexibility index (Phi) is 4.06. The summed E-state index contributed by atoms with van der Waals surface area (Å²) in [6.45, 7) is 6.00. The number of hydrogen-bond donors (Lipinski definition) is 1. The van der Waals surface area contributed by atoms with E-state index < -0.39 is 0 Å². The van der Waals surface area contributed by atoms with Crippen molar-refractivity contribution in [3.63, 3.8) is 0 Å². The highest BCUT2D eigenvalue weighted by Gasteiger charge is 2.17. The van der Waals surface area contributed by atoms with Crippen molar-refractivity contribution in [1.29, 1.82) is 0 Å². The van der Waals surface area contributed by atoms with Gasteiger partial charge in [-0.2, -0.15) is 10.1 Å². The van der Waals surface area contributed by atoms with E-state index in [1.54, 1.807) is 6.20 Å². The van der Waals surface area contributed by atoms with Gasteiger partial charge in [0, 0.05) is 18.8 Å². The lowest BCUT2D eigenvalue weighted by Gasteiger charge is -2.29. The van der Waals surface area contributed by atoms with Gasteiger partial charge >= 0.3 is 0 Å². The summed E-state index contributed by atoms with van der Waals surface area (Å²) in [6.07, 6.45) is 2.76. The zero-order chi connectivity index (χ0) is 17.2. The summed E-state index contributed by atoms with van der Waals surface area (Å²) in [6, 6.07) is 14.8. The fraction of sp³-hybridized carbons (Fsp3) is 0.250. The summed E-state index contributed by atoms with van der Waals surface area (Å²) in [7, 11) is 0. The lowest BCUT2D eigenvalue weighted by molar-refractivity contribution is 0.715. The van der Waals surface area contributed by atoms with Crippen molar-refractivity contribution in [1.82, 2.24) is 15.2 Å². The molecule has 0 amide bonds. The van der Waals surface area contributed by atoms with Gasteiger partial charge in [0.2, 0.25) is 5.95 Å². The van der Waals surface area contributed by atoms with Crippen LogP contribution in [0.25, 0.3) is 0 Å². The Hall–Kier alpha value is -2.95. The normalized spacial score (nSPS) is 13.4. The smallest absolute Gasteiger partial charge is 0.249 e. The van der Waals surface area contributed by atoms with Crippen molar-refractivity contribution in [3.8, 4) is 0 Å². The van der Waals surface area contributed by atoms with E-state index >= 15 is 0 Å². The lowest BCUT2D eigenvalue weighted by atomic mass is 10.0. The molecule has 1 aliphatic heterocycles. The molecule has 0 spiro atoms. The molecule has 5 heteroatoms. The Morgan fingerprint density at radius 2 is 1.84 bits per heavy atom. The van der Waals surface area contributed by atoms with Crippen LogP contribution in [0.4, 0.5) is 17.5 Å². The highest BCUT2D eigenvalue weighted by Crippen LogP contribution is 2.24. The summed E-state index contributed by atoms with van der Waals surface area (Å²) >= 11 is 0. The van der Waals surface area contributed by atoms with Gasteiger partial charge in [0.05, 0.1) is 6.20 Å². The average molecular weight is 331 g/mol. The molecule has 2 heterocycles. The van der Waals surface area contributed by atoms with E-state index in [-0.39, 0.29) is 0 Å². The molecule has 2 aromatic carbocycles. The zero-order valence-corrected chi connectivity index (χ0v) is 14.5. The molecule has 25 heavy (non-hydrogen) atoms. The van der Waals surface area contributed by atoms with Gasteiger partial charge in [0.1, 0.15) is 0 Å². The molecule has 1 aromatic heterocycles. The zero-order valence-electron chi connectivity index (χ0n) is 14.5. The summed E-state index contributed by atoms with van der Waals surface area (Å²) in [5.41, 5.74) is 6.27. The SMILES string of the molecule is Cc1ccc(Nc2nncc(N3CCc4ccccc4C3)n2)cc1C. The highest BCUT2D eigenvalue weighted by molar-refractivity contribution is 5.56. The van der Waals surface area contributed by atoms with Crippen molar-refractivity contribution in [2.75, 3.05) is 16.8 Å². The first-order chi connectivity index (χ1) is 12.2. The minimum absolute atomic E-state index is 0.527. The van der Waals surface area contributed by atoms with E-state index in [9.17, 15) is 0 Å². The van der Waals surface area contributed by atoms with Gasteiger partial charge in [-0.1, -0.05) is 30.3 Å². The van der Waals surface area contributed by atoms with Crippen LogP contribution in [0.5, 0.6) is 0 Å². The first kappa shape index (κ1) is 15.6. The number of hydrogen-bond acceptors (Lipinski definition) is 5. The molecule has 4 rings (SSSR count). The molecule has 0 atom stereocenters. The van der Waals surface area contributed by atoms with Crippen molar-refractivity contribution in [2.24, 2.45) is 0 Å². The van der Waals surface area contributed by atoms with Gasteiger partial charge in [-0.3, -0.25) is 0 Å². The van der Waals surface area contributed by atoms with E-state index in [1.165, 1.54) is 22.3 Å². The van der Waals surface area contributed by atoms with Gasteiger partial charge in [-0.25, -0.2) is 0 Å². The summed E-state index contributed by atoms with van der Waals surface area (Å²) < 4.78 is 0. The van der Waals surface area contributed by atoms with Gasteiger partial charge in [-0.05, 0) is 54.7 Å². The van der Waals surface area contributed by atoms with E-state index in [1.807, 2.05) is 6.07 Å². The molecular weight excluding hydrogens is 310 g/mol. The van der Waals surface area contributed by atoms with Crippen LogP contribution in [0.1, 0.15) is 22.3 Å². The fourth-order valence-corrected chi connectivity index (χ4v) is 3.14. The van der Waals surface area contributed by atoms with Crippen LogP contribution in [0.15, 0.2) is 48.7 Å². The average Bonchev–Trinajstić information content (AvgIpc) is 2.65. The monoisotopic (exact) mass is 331 g/mol. The predicted molar refractivity (Wildman–Crippen MR) is 100 cm³/mol. The second-order valence-corrected chi connectivity index (χ2v) is 6.50. The lowest BCUT2D eigenvalue weighted by Crippen LogP contribution is -2.31. The van der Waals surface area contributed by atoms with E-state index in [0.29, 0.717) is 5.95 Å². The fourth-order valence-electron chi connectivity index (χ4n) is 3.14. The first-order valence-electron chi connectivity index (χ1n) is 8.55. The Morgan fingerprint density at radius 1 is 1.00 bits per heavy atom. The quantitative estimate of drug-likeness (QED) is 0.791. The third-order valence-corrected chi connectivity index (χ3v) is 4.76. The predicted octanol–water partition coefficient (Wildman–Crippen LogP) is 3.79. The molecule has 0 bridgehead atoms. The van der Waals surface area contributed by atoms with Crippen LogP contribution in [-0.4, -0.2) is 21.7 Å². The number of aromatic nitrogens is 3. The van der Waals surface area contributed by atoms with Crippen LogP contribution >= 0.6 is 0 Å². The first-order valence-corrected chi connectivity index (χ1v) is 8.55. The number of anilines is 3. The van der Waals surface area contributed by atoms with Crippen molar-refractivity contribution in [3.05, 3.63) is 70.9 Å². The number of fused-ring (bicyclic) bond motifs is 1. The minimum Gasteiger partial charge on any atom is -0.350 e. The topological polar surface area (TPSA) is 53.9 Å². The largest absolute Gasteiger partial charge is 0.350 e. The summed E-state index contributed by atoms with van der Waals surface area (Å²) in [5.74, 6) is 1.38. The Morgan fingerprint density at radius 3 is 2.68 bits per heavy atom. The standard InChI is InChI=1S/C20H21N5/c1-14-7-8-18(11-15(14)2)22-20-23-19(12-21-24-20)25-10-9-16-5-3-4-6-17(16)13-25/h3-8,11-12H,9-10,13H2,1-2H3,(H,22,23,24). The highest BCUT2D eigenvalue weighted by atomic mass is 15.3. The molecule has 1 aliphatic rings. The number of rotatable bonds is 3. The molecule has 1 N–H and O–H groups in total. The van der Waals surface area contributed by atoms with Crippen molar-refractivity contribution < 1.29 is 0 Å². The van der Waals surface area contributed by atoms with E-state index in [2.05, 4.69) is 75.6 Å². The Labute approximate surface area is 147 Å². The summed E-state index contributed by atoms with van der Waals surface area (Å²) in [4.78, 5) is 6.91. The third-order valence-electron chi connectivity index (χ3n) is 4.76. The number of aryl methyl sites for hydroxylation is 2. The molecule has 0 radical (unpaired) electrons. The second-order valence-electron chi connectivity index (χ2n) is 6.50. The van der Waals surface area contributed by atoms with Crippen LogP contribution in [0, 0.1) is 13.8 Å². The Balaban J connectivity index is 1.55. The van der Waals surface area contributed by atoms with Gasteiger partial charge in [-0.15, -0.1) is 5.10 Å². The molecule has 3 aromatic rings. The maximum Gasteiger partial charge on any atom is 0.249 e. The number of benzene rings is 2. The molecule has 0 saturated heterocycles. The number of nitrogens with zero attached hydrogens (tertiary/aromatic N) is 4. The maximum absolute atomic E-state index is 4.66. The molecule has 0 aliphatic carbocycles. The van der Waals surface area contributed by atoms with Crippen LogP contribution in [-0.2, 0) is 13.0 Å². The van der Waals surface area contributed by atoms with Gasteiger partial charge < -0.3 is 10.2 Å². The van der Waals surface area contributed by atoms with Crippen LogP contribution < -0.4 is 10.2 Å². The Bertz CT molecular complexity index is 906. The molecule has 126 valence electrons. The van der Waals surface area contributed by atoms with Gasteiger partial charge in [0.15, 0.2) is 5.82 Å². The molecule has 5 nitrogen and oxygen atoms in total. The second kappa shape index (κ2) is 6.51. The molecule has 0 saturated carbocycles. The van der Waals surface area contributed by atoms with Crippen molar-refractivity contribution in [2.45, 2.75) is 26.8 Å². The van der Waals surface area contributed by atoms with E-state index in [4.69, 9.17) is 0 Å². The summed E-state index contributed by atoms with van der Waals surface area (Å²) in [5, 5.41) is 11.5. The van der Waals surface area contributed by atoms with Crippen LogP contribution in [0.2, 0.25) is 0 Å². The van der Waals surface area contributed by atoms with Crippen molar-refractivity contribution >= 4 is 17.5 Å². The molecular formula is C20H21N5. The number of nitrogens with one attached hydrogen (secondary N) is 1. The van der Waals surface area contributed by atoms with E-state index in [0.717, 1.165) is 31.0 Å². The molecule has 0 fully saturated rings. The maximum atomic E-state index is 4.66. The minimum atomic E-state index is 0.527.